The predicted octanol–water partition coefficient (Wildman–Crippen LogP) is 4.98. The molecule has 0 radical (unpaired) electrons. The maximum atomic E-state index is 12.6. The van der Waals surface area contributed by atoms with Gasteiger partial charge in [-0.1, -0.05) is 25.3 Å². The standard InChI is InChI=1S/C20H24N2O4S.C8H6N4O2S/c1-15(23)25-14-26-20(24)22(18-7-3-2-4-8-18)12-17-6-5-9-19(21-17)16-10-11-27-13-16;9-7-10-2-1-4(11-7)3-5-6(13)12-8(14)15-5/h5-6,9-11,13,18H,2-4,7-8,12,14H2,1H3;1-3H,(H2,9,10,11)(H,12,13,14)/b;5-3-. The number of hydrogen-bond acceptors (Lipinski definition) is 12. The highest BCUT2D eigenvalue weighted by atomic mass is 32.2. The van der Waals surface area contributed by atoms with Crippen LogP contribution in [0.3, 0.4) is 0 Å². The number of nitrogens with two attached hydrogens (primary N) is 1. The number of carbonyl (C=O) groups is 4. The first-order chi connectivity index (χ1) is 20.3. The number of pyridine rings is 1. The summed E-state index contributed by atoms with van der Waals surface area (Å²) < 4.78 is 9.91. The minimum atomic E-state index is -0.475. The van der Waals surface area contributed by atoms with Crippen molar-refractivity contribution in [2.24, 2.45) is 0 Å². The van der Waals surface area contributed by atoms with Crippen molar-refractivity contribution >= 4 is 58.3 Å². The molecule has 0 unspecified atom stereocenters. The summed E-state index contributed by atoms with van der Waals surface area (Å²) in [6.07, 6.45) is 7.79. The average molecular weight is 611 g/mol. The van der Waals surface area contributed by atoms with Gasteiger partial charge in [0.1, 0.15) is 0 Å². The van der Waals surface area contributed by atoms with E-state index in [9.17, 15) is 19.2 Å². The molecule has 42 heavy (non-hydrogen) atoms. The summed E-state index contributed by atoms with van der Waals surface area (Å²) in [5.41, 5.74) is 8.64. The highest BCUT2D eigenvalue weighted by molar-refractivity contribution is 8.18. The number of aromatic nitrogens is 3. The highest BCUT2D eigenvalue weighted by Crippen LogP contribution is 2.26. The zero-order chi connectivity index (χ0) is 29.9. The summed E-state index contributed by atoms with van der Waals surface area (Å²) in [5.74, 6) is -0.765. The van der Waals surface area contributed by atoms with Gasteiger partial charge in [-0.05, 0) is 60.3 Å². The number of nitrogen functional groups attached to an aromatic ring is 1. The summed E-state index contributed by atoms with van der Waals surface area (Å²) in [6, 6.07) is 9.59. The number of rotatable bonds is 7. The van der Waals surface area contributed by atoms with E-state index >= 15 is 0 Å². The number of amides is 3. The number of esters is 1. The molecule has 1 saturated heterocycles. The molecule has 14 heteroatoms. The fraction of sp³-hybridized carbons (Fsp3) is 0.321. The van der Waals surface area contributed by atoms with Crippen LogP contribution in [0.4, 0.5) is 15.5 Å². The Bertz CT molecular complexity index is 1440. The van der Waals surface area contributed by atoms with Crippen molar-refractivity contribution in [1.29, 1.82) is 0 Å². The van der Waals surface area contributed by atoms with Crippen LogP contribution in [0.2, 0.25) is 0 Å². The maximum absolute atomic E-state index is 12.6. The molecular formula is C28H30N6O6S2. The van der Waals surface area contributed by atoms with Gasteiger partial charge in [-0.3, -0.25) is 29.6 Å². The third kappa shape index (κ3) is 9.11. The smallest absolute Gasteiger partial charge is 0.413 e. The van der Waals surface area contributed by atoms with E-state index in [-0.39, 0.29) is 24.0 Å². The van der Waals surface area contributed by atoms with Crippen molar-refractivity contribution in [2.45, 2.75) is 51.6 Å². The van der Waals surface area contributed by atoms with Crippen LogP contribution in [-0.2, 0) is 25.6 Å². The lowest BCUT2D eigenvalue weighted by Crippen LogP contribution is -2.41. The number of thioether (sulfide) groups is 1. The Kier molecular flexibility index (Phi) is 11.0. The Morgan fingerprint density at radius 1 is 1.12 bits per heavy atom. The van der Waals surface area contributed by atoms with Gasteiger partial charge in [-0.15, -0.1) is 0 Å². The molecule has 12 nitrogen and oxygen atoms in total. The molecule has 3 N–H and O–H groups in total. The van der Waals surface area contributed by atoms with Crippen LogP contribution in [0.5, 0.6) is 0 Å². The molecule has 4 heterocycles. The van der Waals surface area contributed by atoms with Crippen LogP contribution in [0, 0.1) is 0 Å². The summed E-state index contributed by atoms with van der Waals surface area (Å²) in [7, 11) is 0. The number of thiophene rings is 1. The molecule has 3 aromatic rings. The molecule has 2 fully saturated rings. The van der Waals surface area contributed by atoms with Gasteiger partial charge < -0.3 is 15.2 Å². The summed E-state index contributed by atoms with van der Waals surface area (Å²) in [5, 5.41) is 5.83. The lowest BCUT2D eigenvalue weighted by Gasteiger charge is -2.33. The van der Waals surface area contributed by atoms with E-state index < -0.39 is 18.0 Å². The van der Waals surface area contributed by atoms with E-state index in [1.807, 2.05) is 29.6 Å². The average Bonchev–Trinajstić information content (AvgIpc) is 3.62. The molecular weight excluding hydrogens is 580 g/mol. The predicted molar refractivity (Wildman–Crippen MR) is 159 cm³/mol. The molecule has 0 bridgehead atoms. The zero-order valence-electron chi connectivity index (χ0n) is 22.9. The van der Waals surface area contributed by atoms with E-state index in [1.165, 1.54) is 25.6 Å². The SMILES string of the molecule is CC(=O)OCOC(=O)N(Cc1cccc(-c2ccsc2)n1)C1CCCCC1.Nc1nccc(/C=C2\SC(=O)NC2=O)n1. The summed E-state index contributed by atoms with van der Waals surface area (Å²) in [4.78, 5) is 59.9. The van der Waals surface area contributed by atoms with Gasteiger partial charge in [-0.2, -0.15) is 11.3 Å². The van der Waals surface area contributed by atoms with Crippen LogP contribution in [0.1, 0.15) is 50.4 Å². The van der Waals surface area contributed by atoms with Crippen LogP contribution >= 0.6 is 23.1 Å². The zero-order valence-corrected chi connectivity index (χ0v) is 24.5. The van der Waals surface area contributed by atoms with Crippen molar-refractivity contribution < 1.29 is 28.7 Å². The van der Waals surface area contributed by atoms with Gasteiger partial charge in [-0.25, -0.2) is 14.8 Å². The quantitative estimate of drug-likeness (QED) is 0.210. The van der Waals surface area contributed by atoms with Crippen LogP contribution in [0.15, 0.2) is 52.2 Å². The lowest BCUT2D eigenvalue weighted by atomic mass is 9.94. The van der Waals surface area contributed by atoms with E-state index in [4.69, 9.17) is 20.2 Å². The van der Waals surface area contributed by atoms with Gasteiger partial charge in [0.15, 0.2) is 0 Å². The molecule has 1 aliphatic heterocycles. The summed E-state index contributed by atoms with van der Waals surface area (Å²) >= 11 is 2.46. The third-order valence-electron chi connectivity index (χ3n) is 6.27. The second-order valence-corrected chi connectivity index (χ2v) is 11.1. The van der Waals surface area contributed by atoms with Crippen LogP contribution < -0.4 is 11.1 Å². The summed E-state index contributed by atoms with van der Waals surface area (Å²) in [6.45, 7) is 1.30. The van der Waals surface area contributed by atoms with Gasteiger partial charge in [0.2, 0.25) is 12.7 Å². The van der Waals surface area contributed by atoms with Crippen molar-refractivity contribution in [3.05, 3.63) is 63.6 Å². The first-order valence-corrected chi connectivity index (χ1v) is 14.9. The van der Waals surface area contributed by atoms with Gasteiger partial charge in [0.05, 0.1) is 28.5 Å². The Hall–Kier alpha value is -4.30. The van der Waals surface area contributed by atoms with Gasteiger partial charge >= 0.3 is 12.1 Å². The Balaban J connectivity index is 0.000000227. The number of ether oxygens (including phenoxy) is 2. The van der Waals surface area contributed by atoms with Gasteiger partial charge in [0, 0.05) is 30.1 Å². The topological polar surface area (TPSA) is 167 Å². The molecule has 5 rings (SSSR count). The second-order valence-electron chi connectivity index (χ2n) is 9.30. The molecule has 0 spiro atoms. The Morgan fingerprint density at radius 2 is 1.93 bits per heavy atom. The highest BCUT2D eigenvalue weighted by Gasteiger charge is 2.28. The van der Waals surface area contributed by atoms with E-state index in [0.29, 0.717) is 17.1 Å². The Morgan fingerprint density at radius 3 is 2.60 bits per heavy atom. The largest absolute Gasteiger partial charge is 0.428 e. The molecule has 2 aliphatic rings. The van der Waals surface area contributed by atoms with Crippen molar-refractivity contribution in [1.82, 2.24) is 25.2 Å². The van der Waals surface area contributed by atoms with E-state index in [2.05, 4.69) is 20.7 Å². The minimum Gasteiger partial charge on any atom is -0.428 e. The molecule has 1 aliphatic carbocycles. The van der Waals surface area contributed by atoms with Crippen molar-refractivity contribution in [2.75, 3.05) is 12.5 Å². The fourth-order valence-electron chi connectivity index (χ4n) is 4.32. The van der Waals surface area contributed by atoms with Crippen LogP contribution in [-0.4, -0.2) is 55.9 Å². The minimum absolute atomic E-state index is 0.121. The molecule has 0 atom stereocenters. The maximum Gasteiger partial charge on any atom is 0.413 e. The first-order valence-electron chi connectivity index (χ1n) is 13.2. The fourth-order valence-corrected chi connectivity index (χ4v) is 5.64. The monoisotopic (exact) mass is 610 g/mol. The molecule has 220 valence electrons. The first kappa shape index (κ1) is 30.7. The molecule has 3 amide bonds. The molecule has 3 aromatic heterocycles. The Labute approximate surface area is 250 Å². The normalized spacial score (nSPS) is 15.9. The van der Waals surface area contributed by atoms with Crippen LogP contribution in [0.25, 0.3) is 17.3 Å². The van der Waals surface area contributed by atoms with Crippen molar-refractivity contribution in [3.63, 3.8) is 0 Å². The van der Waals surface area contributed by atoms with E-state index in [0.717, 1.165) is 54.4 Å². The lowest BCUT2D eigenvalue weighted by molar-refractivity contribution is -0.149. The molecule has 1 saturated carbocycles. The van der Waals surface area contributed by atoms with E-state index in [1.54, 1.807) is 22.3 Å². The number of nitrogens with zero attached hydrogens (tertiary/aromatic N) is 4. The van der Waals surface area contributed by atoms with Gasteiger partial charge in [0.25, 0.3) is 11.1 Å². The second kappa shape index (κ2) is 15.1. The number of carbonyl (C=O) groups excluding carboxylic acids is 4. The number of anilines is 1. The van der Waals surface area contributed by atoms with Crippen molar-refractivity contribution in [3.8, 4) is 11.3 Å². The number of hydrogen-bond donors (Lipinski definition) is 2. The molecule has 0 aromatic carbocycles. The number of nitrogens with one attached hydrogen (secondary N) is 1. The number of imide groups is 1. The third-order valence-corrected chi connectivity index (χ3v) is 7.76.